The third-order valence-corrected chi connectivity index (χ3v) is 4.36. The third-order valence-electron chi connectivity index (χ3n) is 4.36. The second-order valence-corrected chi connectivity index (χ2v) is 6.41. The van der Waals surface area contributed by atoms with Crippen molar-refractivity contribution in [1.82, 2.24) is 0 Å². The molecule has 0 aromatic heterocycles. The number of ether oxygens (including phenoxy) is 5. The molecule has 0 saturated carbocycles. The topological polar surface area (TPSA) is 92.3 Å². The summed E-state index contributed by atoms with van der Waals surface area (Å²) in [4.78, 5) is 24.5. The van der Waals surface area contributed by atoms with Crippen LogP contribution in [0, 0.1) is 0 Å². The SMILES string of the molecule is COc1cc(CCC(=O)O[C@@H](C)C(=O)Nc2ccc(OC)c(OC)c2)cc(OC)c1. The van der Waals surface area contributed by atoms with E-state index in [1.165, 1.54) is 21.1 Å². The van der Waals surface area contributed by atoms with Crippen molar-refractivity contribution in [1.29, 1.82) is 0 Å². The molecular formula is C22H27NO7. The number of nitrogens with one attached hydrogen (secondary N) is 1. The maximum atomic E-state index is 12.3. The lowest BCUT2D eigenvalue weighted by atomic mass is 10.1. The van der Waals surface area contributed by atoms with Gasteiger partial charge in [0.05, 0.1) is 28.4 Å². The molecule has 0 aliphatic carbocycles. The van der Waals surface area contributed by atoms with Crippen LogP contribution in [-0.4, -0.2) is 46.4 Å². The number of hydrogen-bond donors (Lipinski definition) is 1. The van der Waals surface area contributed by atoms with Crippen LogP contribution in [0.15, 0.2) is 36.4 Å². The van der Waals surface area contributed by atoms with Crippen LogP contribution in [0.5, 0.6) is 23.0 Å². The summed E-state index contributed by atoms with van der Waals surface area (Å²) >= 11 is 0. The summed E-state index contributed by atoms with van der Waals surface area (Å²) in [7, 11) is 6.15. The second-order valence-electron chi connectivity index (χ2n) is 6.41. The fourth-order valence-corrected chi connectivity index (χ4v) is 2.72. The molecule has 0 spiro atoms. The van der Waals surface area contributed by atoms with Gasteiger partial charge in [0.2, 0.25) is 0 Å². The van der Waals surface area contributed by atoms with Gasteiger partial charge < -0.3 is 29.0 Å². The van der Waals surface area contributed by atoms with Crippen LogP contribution in [0.25, 0.3) is 0 Å². The maximum Gasteiger partial charge on any atom is 0.306 e. The van der Waals surface area contributed by atoms with E-state index < -0.39 is 18.0 Å². The normalized spacial score (nSPS) is 11.2. The Morgan fingerprint density at radius 2 is 1.50 bits per heavy atom. The number of amides is 1. The van der Waals surface area contributed by atoms with E-state index in [1.807, 2.05) is 12.1 Å². The minimum Gasteiger partial charge on any atom is -0.497 e. The zero-order valence-electron chi connectivity index (χ0n) is 17.8. The van der Waals surface area contributed by atoms with E-state index in [0.717, 1.165) is 5.56 Å². The molecule has 0 saturated heterocycles. The van der Waals surface area contributed by atoms with Gasteiger partial charge in [-0.25, -0.2) is 0 Å². The van der Waals surface area contributed by atoms with E-state index in [9.17, 15) is 9.59 Å². The average Bonchev–Trinajstić information content (AvgIpc) is 2.77. The number of esters is 1. The molecule has 0 bridgehead atoms. The molecule has 0 aliphatic rings. The summed E-state index contributed by atoms with van der Waals surface area (Å²) in [6.07, 6.45) is -0.411. The van der Waals surface area contributed by atoms with Gasteiger partial charge in [-0.3, -0.25) is 9.59 Å². The highest BCUT2D eigenvalue weighted by Crippen LogP contribution is 2.29. The first kappa shape index (κ1) is 22.9. The minimum atomic E-state index is -0.953. The van der Waals surface area contributed by atoms with E-state index in [-0.39, 0.29) is 6.42 Å². The highest BCUT2D eigenvalue weighted by molar-refractivity contribution is 5.95. The molecule has 2 rings (SSSR count). The Balaban J connectivity index is 1.90. The van der Waals surface area contributed by atoms with Gasteiger partial charge in [0, 0.05) is 24.2 Å². The Hall–Kier alpha value is -3.42. The fraction of sp³-hybridized carbons (Fsp3) is 0.364. The quantitative estimate of drug-likeness (QED) is 0.594. The number of carbonyl (C=O) groups is 2. The van der Waals surface area contributed by atoms with Crippen molar-refractivity contribution >= 4 is 17.6 Å². The monoisotopic (exact) mass is 417 g/mol. The summed E-state index contributed by atoms with van der Waals surface area (Å²) in [5.74, 6) is 1.38. The van der Waals surface area contributed by atoms with Gasteiger partial charge in [-0.2, -0.15) is 0 Å². The first-order valence-corrected chi connectivity index (χ1v) is 9.34. The van der Waals surface area contributed by atoms with Crippen molar-refractivity contribution in [2.45, 2.75) is 25.9 Å². The number of carbonyl (C=O) groups excluding carboxylic acids is 2. The molecule has 30 heavy (non-hydrogen) atoms. The predicted molar refractivity (Wildman–Crippen MR) is 112 cm³/mol. The zero-order valence-corrected chi connectivity index (χ0v) is 17.8. The molecule has 0 radical (unpaired) electrons. The molecule has 2 aromatic carbocycles. The molecule has 162 valence electrons. The van der Waals surface area contributed by atoms with Crippen molar-refractivity contribution in [3.05, 3.63) is 42.0 Å². The number of methoxy groups -OCH3 is 4. The van der Waals surface area contributed by atoms with Crippen molar-refractivity contribution in [2.75, 3.05) is 33.8 Å². The Morgan fingerprint density at radius 1 is 0.867 bits per heavy atom. The molecule has 0 aliphatic heterocycles. The molecule has 0 heterocycles. The largest absolute Gasteiger partial charge is 0.497 e. The van der Waals surface area contributed by atoms with E-state index >= 15 is 0 Å². The molecule has 8 heteroatoms. The van der Waals surface area contributed by atoms with Crippen molar-refractivity contribution in [3.63, 3.8) is 0 Å². The average molecular weight is 417 g/mol. The van der Waals surface area contributed by atoms with Crippen LogP contribution in [0.1, 0.15) is 18.9 Å². The van der Waals surface area contributed by atoms with Gasteiger partial charge in [-0.1, -0.05) is 0 Å². The summed E-state index contributed by atoms with van der Waals surface area (Å²) in [5, 5.41) is 2.69. The molecule has 0 unspecified atom stereocenters. The predicted octanol–water partition coefficient (Wildman–Crippen LogP) is 3.22. The van der Waals surface area contributed by atoms with Crippen LogP contribution in [-0.2, 0) is 20.7 Å². The first-order chi connectivity index (χ1) is 14.4. The van der Waals surface area contributed by atoms with Gasteiger partial charge in [0.1, 0.15) is 11.5 Å². The Labute approximate surface area is 176 Å². The number of hydrogen-bond acceptors (Lipinski definition) is 7. The highest BCUT2D eigenvalue weighted by Gasteiger charge is 2.19. The molecule has 2 aromatic rings. The van der Waals surface area contributed by atoms with Crippen LogP contribution >= 0.6 is 0 Å². The van der Waals surface area contributed by atoms with Gasteiger partial charge in [-0.05, 0) is 43.2 Å². The zero-order chi connectivity index (χ0) is 22.1. The fourth-order valence-electron chi connectivity index (χ4n) is 2.72. The van der Waals surface area contributed by atoms with Crippen molar-refractivity contribution in [3.8, 4) is 23.0 Å². The van der Waals surface area contributed by atoms with Gasteiger partial charge in [-0.15, -0.1) is 0 Å². The van der Waals surface area contributed by atoms with E-state index in [4.69, 9.17) is 23.7 Å². The maximum absolute atomic E-state index is 12.3. The number of benzene rings is 2. The second kappa shape index (κ2) is 10.9. The lowest BCUT2D eigenvalue weighted by Gasteiger charge is -2.15. The summed E-state index contributed by atoms with van der Waals surface area (Å²) < 4.78 is 26.1. The van der Waals surface area contributed by atoms with Crippen LogP contribution in [0.4, 0.5) is 5.69 Å². The molecule has 1 N–H and O–H groups in total. The summed E-state index contributed by atoms with van der Waals surface area (Å²) in [6.45, 7) is 1.52. The summed E-state index contributed by atoms with van der Waals surface area (Å²) in [5.41, 5.74) is 1.37. The molecule has 0 fully saturated rings. The summed E-state index contributed by atoms with van der Waals surface area (Å²) in [6, 6.07) is 10.4. The molecule has 1 amide bonds. The number of aryl methyl sites for hydroxylation is 1. The first-order valence-electron chi connectivity index (χ1n) is 9.34. The van der Waals surface area contributed by atoms with E-state index in [0.29, 0.717) is 35.1 Å². The van der Waals surface area contributed by atoms with E-state index in [2.05, 4.69) is 5.32 Å². The van der Waals surface area contributed by atoms with Crippen LogP contribution in [0.3, 0.4) is 0 Å². The third kappa shape index (κ3) is 6.30. The number of rotatable bonds is 10. The lowest BCUT2D eigenvalue weighted by molar-refractivity contribution is -0.153. The minimum absolute atomic E-state index is 0.115. The Kier molecular flexibility index (Phi) is 8.34. The number of anilines is 1. The standard InChI is InChI=1S/C22H27NO7/c1-14(22(25)23-16-7-8-19(28-4)20(12-16)29-5)30-21(24)9-6-15-10-17(26-2)13-18(11-15)27-3/h7-8,10-14H,6,9H2,1-5H3,(H,23,25)/t14-/m0/s1. The smallest absolute Gasteiger partial charge is 0.306 e. The van der Waals surface area contributed by atoms with Gasteiger partial charge in [0.15, 0.2) is 17.6 Å². The van der Waals surface area contributed by atoms with Crippen LogP contribution < -0.4 is 24.3 Å². The molecule has 8 nitrogen and oxygen atoms in total. The molecule has 1 atom stereocenters. The molecular weight excluding hydrogens is 390 g/mol. The van der Waals surface area contributed by atoms with E-state index in [1.54, 1.807) is 38.5 Å². The van der Waals surface area contributed by atoms with Crippen molar-refractivity contribution < 1.29 is 33.3 Å². The van der Waals surface area contributed by atoms with Crippen LogP contribution in [0.2, 0.25) is 0 Å². The van der Waals surface area contributed by atoms with Crippen molar-refractivity contribution in [2.24, 2.45) is 0 Å². The highest BCUT2D eigenvalue weighted by atomic mass is 16.5. The van der Waals surface area contributed by atoms with Gasteiger partial charge >= 0.3 is 5.97 Å². The lowest BCUT2D eigenvalue weighted by Crippen LogP contribution is -2.30. The Morgan fingerprint density at radius 3 is 2.07 bits per heavy atom. The van der Waals surface area contributed by atoms with Gasteiger partial charge in [0.25, 0.3) is 5.91 Å². The Bertz CT molecular complexity index is 860.